The van der Waals surface area contributed by atoms with Crippen LogP contribution in [0.25, 0.3) is 11.4 Å². The van der Waals surface area contributed by atoms with Crippen molar-refractivity contribution in [2.24, 2.45) is 0 Å². The van der Waals surface area contributed by atoms with E-state index in [4.69, 9.17) is 8.94 Å². The zero-order valence-corrected chi connectivity index (χ0v) is 17.0. The quantitative estimate of drug-likeness (QED) is 0.615. The van der Waals surface area contributed by atoms with Gasteiger partial charge in [0.15, 0.2) is 0 Å². The molecule has 0 saturated carbocycles. The van der Waals surface area contributed by atoms with Crippen LogP contribution in [0.4, 0.5) is 4.79 Å². The van der Waals surface area contributed by atoms with E-state index in [2.05, 4.69) is 31.4 Å². The van der Waals surface area contributed by atoms with Gasteiger partial charge in [0, 0.05) is 15.6 Å². The molecule has 1 aliphatic heterocycles. The number of amides is 3. The SMILES string of the molecule is Cc1cc(C2(C)NC(=O)N(Cc3nc(-c4cccc(Br)c4)no3)C2=O)c(C)o1. The molecule has 3 aromatic rings. The van der Waals surface area contributed by atoms with Crippen molar-refractivity contribution < 1.29 is 18.5 Å². The molecule has 0 spiro atoms. The Morgan fingerprint density at radius 3 is 2.71 bits per heavy atom. The maximum Gasteiger partial charge on any atom is 0.325 e. The number of urea groups is 1. The number of halogens is 1. The molecule has 1 unspecified atom stereocenters. The molecule has 4 rings (SSSR count). The third-order valence-electron chi connectivity index (χ3n) is 4.70. The van der Waals surface area contributed by atoms with Crippen LogP contribution < -0.4 is 5.32 Å². The van der Waals surface area contributed by atoms with Gasteiger partial charge in [0.2, 0.25) is 11.7 Å². The molecule has 1 N–H and O–H groups in total. The monoisotopic (exact) mass is 444 g/mol. The van der Waals surface area contributed by atoms with Gasteiger partial charge in [-0.25, -0.2) is 4.79 Å². The fraction of sp³-hybridized carbons (Fsp3) is 0.263. The van der Waals surface area contributed by atoms with E-state index in [1.54, 1.807) is 26.8 Å². The van der Waals surface area contributed by atoms with Gasteiger partial charge in [-0.15, -0.1) is 0 Å². The molecule has 3 heterocycles. The van der Waals surface area contributed by atoms with Crippen molar-refractivity contribution in [3.8, 4) is 11.4 Å². The Balaban J connectivity index is 1.58. The number of nitrogens with zero attached hydrogens (tertiary/aromatic N) is 3. The first-order valence-corrected chi connectivity index (χ1v) is 9.37. The lowest BCUT2D eigenvalue weighted by Gasteiger charge is -2.20. The second kappa shape index (κ2) is 6.59. The van der Waals surface area contributed by atoms with Gasteiger partial charge in [-0.2, -0.15) is 4.98 Å². The minimum absolute atomic E-state index is 0.114. The fourth-order valence-corrected chi connectivity index (χ4v) is 3.75. The zero-order valence-electron chi connectivity index (χ0n) is 15.4. The summed E-state index contributed by atoms with van der Waals surface area (Å²) in [4.78, 5) is 30.9. The maximum atomic E-state index is 13.0. The standard InChI is InChI=1S/C19H17BrN4O4/c1-10-7-14(11(2)27-10)19(3)17(25)24(18(26)22-19)9-15-21-16(23-28-15)12-5-4-6-13(20)8-12/h4-8H,9H2,1-3H3,(H,22,26). The normalized spacial score (nSPS) is 19.4. The summed E-state index contributed by atoms with van der Waals surface area (Å²) in [5, 5.41) is 6.69. The number of benzene rings is 1. The molecule has 28 heavy (non-hydrogen) atoms. The summed E-state index contributed by atoms with van der Waals surface area (Å²) < 4.78 is 11.7. The zero-order chi connectivity index (χ0) is 20.1. The first-order valence-electron chi connectivity index (χ1n) is 8.58. The van der Waals surface area contributed by atoms with E-state index in [1.807, 2.05) is 24.3 Å². The summed E-state index contributed by atoms with van der Waals surface area (Å²) in [6.07, 6.45) is 0. The van der Waals surface area contributed by atoms with Crippen molar-refractivity contribution in [1.29, 1.82) is 0 Å². The number of carbonyl (C=O) groups is 2. The Kier molecular flexibility index (Phi) is 4.34. The molecule has 1 atom stereocenters. The molecule has 2 aromatic heterocycles. The number of aromatic nitrogens is 2. The number of furan rings is 1. The van der Waals surface area contributed by atoms with Crippen LogP contribution in [0.1, 0.15) is 29.9 Å². The predicted octanol–water partition coefficient (Wildman–Crippen LogP) is 3.68. The first-order chi connectivity index (χ1) is 13.3. The van der Waals surface area contributed by atoms with Crippen LogP contribution in [-0.2, 0) is 16.9 Å². The van der Waals surface area contributed by atoms with Gasteiger partial charge >= 0.3 is 6.03 Å². The predicted molar refractivity (Wildman–Crippen MR) is 102 cm³/mol. The molecule has 0 radical (unpaired) electrons. The van der Waals surface area contributed by atoms with Crippen molar-refractivity contribution in [3.05, 3.63) is 57.8 Å². The lowest BCUT2D eigenvalue weighted by molar-refractivity contribution is -0.131. The van der Waals surface area contributed by atoms with Gasteiger partial charge in [-0.1, -0.05) is 33.2 Å². The molecule has 1 saturated heterocycles. The van der Waals surface area contributed by atoms with Gasteiger partial charge < -0.3 is 14.3 Å². The van der Waals surface area contributed by atoms with Crippen LogP contribution in [0, 0.1) is 13.8 Å². The van der Waals surface area contributed by atoms with E-state index in [1.165, 1.54) is 0 Å². The molecular weight excluding hydrogens is 428 g/mol. The van der Waals surface area contributed by atoms with Crippen molar-refractivity contribution in [2.75, 3.05) is 0 Å². The highest BCUT2D eigenvalue weighted by molar-refractivity contribution is 9.10. The molecule has 0 bridgehead atoms. The number of carbonyl (C=O) groups excluding carboxylic acids is 2. The summed E-state index contributed by atoms with van der Waals surface area (Å²) in [7, 11) is 0. The average molecular weight is 445 g/mol. The van der Waals surface area contributed by atoms with E-state index >= 15 is 0 Å². The van der Waals surface area contributed by atoms with Crippen LogP contribution >= 0.6 is 15.9 Å². The third-order valence-corrected chi connectivity index (χ3v) is 5.19. The Morgan fingerprint density at radius 1 is 1.25 bits per heavy atom. The Morgan fingerprint density at radius 2 is 2.04 bits per heavy atom. The van der Waals surface area contributed by atoms with E-state index in [9.17, 15) is 9.59 Å². The molecule has 144 valence electrons. The second-order valence-corrected chi connectivity index (χ2v) is 7.71. The van der Waals surface area contributed by atoms with Gasteiger partial charge in [-0.3, -0.25) is 9.69 Å². The molecule has 3 amide bonds. The minimum Gasteiger partial charge on any atom is -0.466 e. The van der Waals surface area contributed by atoms with E-state index < -0.39 is 17.5 Å². The maximum absolute atomic E-state index is 13.0. The van der Waals surface area contributed by atoms with E-state index in [0.717, 1.165) is 14.9 Å². The van der Waals surface area contributed by atoms with Crippen LogP contribution in [0.2, 0.25) is 0 Å². The Labute approximate surface area is 169 Å². The number of hydrogen-bond donors (Lipinski definition) is 1. The summed E-state index contributed by atoms with van der Waals surface area (Å²) in [6, 6.07) is 8.67. The van der Waals surface area contributed by atoms with Gasteiger partial charge in [0.1, 0.15) is 23.6 Å². The van der Waals surface area contributed by atoms with Gasteiger partial charge in [0.05, 0.1) is 0 Å². The summed E-state index contributed by atoms with van der Waals surface area (Å²) in [5.41, 5.74) is 0.189. The number of aryl methyl sites for hydroxylation is 2. The largest absolute Gasteiger partial charge is 0.466 e. The minimum atomic E-state index is -1.20. The molecule has 9 heteroatoms. The topological polar surface area (TPSA) is 101 Å². The van der Waals surface area contributed by atoms with Crippen LogP contribution in [-0.4, -0.2) is 27.0 Å². The fourth-order valence-electron chi connectivity index (χ4n) is 3.35. The average Bonchev–Trinajstić information content (AvgIpc) is 3.30. The van der Waals surface area contributed by atoms with Crippen molar-refractivity contribution >= 4 is 27.9 Å². The van der Waals surface area contributed by atoms with Crippen molar-refractivity contribution in [2.45, 2.75) is 32.9 Å². The highest BCUT2D eigenvalue weighted by Gasteiger charge is 2.51. The van der Waals surface area contributed by atoms with Crippen LogP contribution in [0.3, 0.4) is 0 Å². The summed E-state index contributed by atoms with van der Waals surface area (Å²) in [5.74, 6) is 1.41. The van der Waals surface area contributed by atoms with Gasteiger partial charge in [-0.05, 0) is 39.0 Å². The summed E-state index contributed by atoms with van der Waals surface area (Å²) >= 11 is 3.40. The number of nitrogens with one attached hydrogen (secondary N) is 1. The third kappa shape index (κ3) is 3.01. The second-order valence-electron chi connectivity index (χ2n) is 6.80. The van der Waals surface area contributed by atoms with Crippen molar-refractivity contribution in [3.63, 3.8) is 0 Å². The number of hydrogen-bond acceptors (Lipinski definition) is 6. The van der Waals surface area contributed by atoms with E-state index in [0.29, 0.717) is 22.9 Å². The Hall–Kier alpha value is -2.94. The van der Waals surface area contributed by atoms with E-state index in [-0.39, 0.29) is 12.4 Å². The summed E-state index contributed by atoms with van der Waals surface area (Å²) in [6.45, 7) is 5.10. The highest BCUT2D eigenvalue weighted by Crippen LogP contribution is 2.33. The molecule has 1 fully saturated rings. The Bertz CT molecular complexity index is 1090. The van der Waals surface area contributed by atoms with Crippen molar-refractivity contribution in [1.82, 2.24) is 20.4 Å². The smallest absolute Gasteiger partial charge is 0.325 e. The lowest BCUT2D eigenvalue weighted by Crippen LogP contribution is -2.41. The number of imide groups is 1. The molecule has 8 nitrogen and oxygen atoms in total. The van der Waals surface area contributed by atoms with Crippen LogP contribution in [0.5, 0.6) is 0 Å². The van der Waals surface area contributed by atoms with Crippen LogP contribution in [0.15, 0.2) is 43.7 Å². The molecule has 1 aliphatic rings. The van der Waals surface area contributed by atoms with Gasteiger partial charge in [0.25, 0.3) is 5.91 Å². The highest BCUT2D eigenvalue weighted by atomic mass is 79.9. The number of rotatable bonds is 4. The lowest BCUT2D eigenvalue weighted by atomic mass is 9.92. The molecule has 0 aliphatic carbocycles. The molecule has 1 aromatic carbocycles. The molecular formula is C19H17BrN4O4. The first kappa shape index (κ1) is 18.4.